The van der Waals surface area contributed by atoms with E-state index >= 15 is 0 Å². The monoisotopic (exact) mass is 368 g/mol. The summed E-state index contributed by atoms with van der Waals surface area (Å²) in [6.45, 7) is 0. The van der Waals surface area contributed by atoms with Gasteiger partial charge in [-0.3, -0.25) is 0 Å². The van der Waals surface area contributed by atoms with E-state index in [0.29, 0.717) is 8.61 Å². The third-order valence-corrected chi connectivity index (χ3v) is 6.83. The predicted molar refractivity (Wildman–Crippen MR) is 88.2 cm³/mol. The maximum Gasteiger partial charge on any atom is 0.347 e. The van der Waals surface area contributed by atoms with E-state index in [9.17, 15) is 21.6 Å². The van der Waals surface area contributed by atoms with Crippen LogP contribution >= 0.6 is 0 Å². The zero-order valence-electron chi connectivity index (χ0n) is 13.0. The van der Waals surface area contributed by atoms with Crippen molar-refractivity contribution < 1.29 is 21.6 Å². The summed E-state index contributed by atoms with van der Waals surface area (Å²) < 4.78 is 50.5. The minimum atomic E-state index is -4.15. The van der Waals surface area contributed by atoms with Crippen molar-refractivity contribution in [1.29, 1.82) is 0 Å². The second-order valence-corrected chi connectivity index (χ2v) is 8.79. The first-order valence-corrected chi connectivity index (χ1v) is 9.69. The van der Waals surface area contributed by atoms with Gasteiger partial charge in [-0.15, -0.1) is 0 Å². The molecule has 0 radical (unpaired) electrons. The Kier molecular flexibility index (Phi) is 4.95. The summed E-state index contributed by atoms with van der Waals surface area (Å²) in [4.78, 5) is 12.2. The van der Waals surface area contributed by atoms with E-state index in [2.05, 4.69) is 0 Å². The van der Waals surface area contributed by atoms with E-state index in [1.807, 2.05) is 0 Å². The number of benzene rings is 2. The maximum atomic E-state index is 12.4. The molecule has 0 aliphatic rings. The number of carbonyl (C=O) groups is 1. The summed E-state index contributed by atoms with van der Waals surface area (Å²) in [5.41, 5.74) is 0. The number of amides is 2. The summed E-state index contributed by atoms with van der Waals surface area (Å²) in [7, 11) is -6.26. The van der Waals surface area contributed by atoms with Crippen molar-refractivity contribution in [3.05, 3.63) is 60.7 Å². The van der Waals surface area contributed by atoms with E-state index in [1.165, 1.54) is 48.5 Å². The molecule has 2 aromatic rings. The van der Waals surface area contributed by atoms with Crippen LogP contribution in [0.2, 0.25) is 0 Å². The molecule has 0 spiro atoms. The number of nitrogens with zero attached hydrogens (tertiary/aromatic N) is 2. The molecule has 0 N–H and O–H groups in total. The van der Waals surface area contributed by atoms with Gasteiger partial charge in [0.25, 0.3) is 20.0 Å². The minimum absolute atomic E-state index is 0.105. The fourth-order valence-corrected chi connectivity index (χ4v) is 4.25. The number of hydrogen-bond donors (Lipinski definition) is 0. The number of rotatable bonds is 4. The fraction of sp³-hybridized carbons (Fsp3) is 0.133. The quantitative estimate of drug-likeness (QED) is 0.820. The Morgan fingerprint density at radius 1 is 0.667 bits per heavy atom. The van der Waals surface area contributed by atoms with Gasteiger partial charge < -0.3 is 0 Å². The van der Waals surface area contributed by atoms with Crippen LogP contribution in [0, 0.1) is 0 Å². The van der Waals surface area contributed by atoms with Gasteiger partial charge in [0.2, 0.25) is 0 Å². The third-order valence-electron chi connectivity index (χ3n) is 3.34. The normalized spacial score (nSPS) is 11.8. The van der Waals surface area contributed by atoms with Gasteiger partial charge in [-0.1, -0.05) is 36.4 Å². The minimum Gasteiger partial charge on any atom is -0.246 e. The van der Waals surface area contributed by atoms with Gasteiger partial charge in [0.1, 0.15) is 0 Å². The second-order valence-electron chi connectivity index (χ2n) is 4.85. The molecule has 0 unspecified atom stereocenters. The highest BCUT2D eigenvalue weighted by Gasteiger charge is 2.33. The Balaban J connectivity index is 2.34. The SMILES string of the molecule is CN(C(=O)N(C)S(=O)(=O)c1ccccc1)S(=O)(=O)c1ccccc1. The molecule has 0 saturated heterocycles. The number of sulfonamides is 2. The van der Waals surface area contributed by atoms with Crippen molar-refractivity contribution in [1.82, 2.24) is 8.61 Å². The second kappa shape index (κ2) is 6.62. The number of urea groups is 1. The van der Waals surface area contributed by atoms with Crippen molar-refractivity contribution >= 4 is 26.1 Å². The van der Waals surface area contributed by atoms with Crippen molar-refractivity contribution in [2.45, 2.75) is 9.79 Å². The highest BCUT2D eigenvalue weighted by Crippen LogP contribution is 2.19. The van der Waals surface area contributed by atoms with Crippen molar-refractivity contribution in [2.75, 3.05) is 14.1 Å². The van der Waals surface area contributed by atoms with Gasteiger partial charge in [-0.05, 0) is 24.3 Å². The molecule has 2 amide bonds. The van der Waals surface area contributed by atoms with Crippen LogP contribution in [0.25, 0.3) is 0 Å². The molecule has 0 heterocycles. The largest absolute Gasteiger partial charge is 0.347 e. The van der Waals surface area contributed by atoms with E-state index in [-0.39, 0.29) is 9.79 Å². The van der Waals surface area contributed by atoms with Gasteiger partial charge in [-0.25, -0.2) is 30.2 Å². The molecule has 0 aromatic heterocycles. The molecule has 0 atom stereocenters. The summed E-state index contributed by atoms with van der Waals surface area (Å²) in [5.74, 6) is 0. The summed E-state index contributed by atoms with van der Waals surface area (Å²) in [6.07, 6.45) is 0. The van der Waals surface area contributed by atoms with Crippen LogP contribution in [0.3, 0.4) is 0 Å². The first-order chi connectivity index (χ1) is 11.2. The van der Waals surface area contributed by atoms with E-state index < -0.39 is 26.1 Å². The Labute approximate surface area is 141 Å². The van der Waals surface area contributed by atoms with Crippen LogP contribution in [-0.4, -0.2) is 45.6 Å². The van der Waals surface area contributed by atoms with Crippen molar-refractivity contribution in [2.24, 2.45) is 0 Å². The van der Waals surface area contributed by atoms with E-state index in [0.717, 1.165) is 14.1 Å². The van der Waals surface area contributed by atoms with Crippen LogP contribution in [0.15, 0.2) is 70.5 Å². The molecule has 2 rings (SSSR count). The highest BCUT2D eigenvalue weighted by atomic mass is 32.2. The van der Waals surface area contributed by atoms with Gasteiger partial charge in [0.15, 0.2) is 0 Å². The lowest BCUT2D eigenvalue weighted by Crippen LogP contribution is -2.44. The van der Waals surface area contributed by atoms with Crippen molar-refractivity contribution in [3.63, 3.8) is 0 Å². The van der Waals surface area contributed by atoms with Crippen LogP contribution in [0.4, 0.5) is 4.79 Å². The third kappa shape index (κ3) is 3.26. The first kappa shape index (κ1) is 18.0. The lowest BCUT2D eigenvalue weighted by molar-refractivity contribution is 0.214. The standard InChI is InChI=1S/C15H16N2O5S2/c1-16(23(19,20)13-9-5-3-6-10-13)15(18)17(2)24(21,22)14-11-7-4-8-12-14/h3-12H,1-2H3. The smallest absolute Gasteiger partial charge is 0.246 e. The fourth-order valence-electron chi connectivity index (χ4n) is 1.91. The predicted octanol–water partition coefficient (Wildman–Crippen LogP) is 1.75. The Morgan fingerprint density at radius 3 is 1.25 bits per heavy atom. The summed E-state index contributed by atoms with van der Waals surface area (Å²) in [6, 6.07) is 13.4. The number of hydrogen-bond acceptors (Lipinski definition) is 5. The lowest BCUT2D eigenvalue weighted by atomic mass is 10.4. The van der Waals surface area contributed by atoms with Crippen molar-refractivity contribution in [3.8, 4) is 0 Å². The van der Waals surface area contributed by atoms with Gasteiger partial charge in [0, 0.05) is 14.1 Å². The zero-order chi connectivity index (χ0) is 18.0. The molecule has 0 saturated carbocycles. The molecule has 0 aliphatic carbocycles. The maximum absolute atomic E-state index is 12.4. The van der Waals surface area contributed by atoms with Gasteiger partial charge in [0.05, 0.1) is 9.79 Å². The Morgan fingerprint density at radius 2 is 0.958 bits per heavy atom. The van der Waals surface area contributed by atoms with Crippen LogP contribution in [-0.2, 0) is 20.0 Å². The molecular formula is C15H16N2O5S2. The lowest BCUT2D eigenvalue weighted by Gasteiger charge is -2.24. The Bertz CT molecular complexity index is 849. The molecule has 24 heavy (non-hydrogen) atoms. The van der Waals surface area contributed by atoms with Gasteiger partial charge in [-0.2, -0.15) is 0 Å². The average Bonchev–Trinajstić information content (AvgIpc) is 2.61. The molecule has 7 nitrogen and oxygen atoms in total. The van der Waals surface area contributed by atoms with Gasteiger partial charge >= 0.3 is 6.03 Å². The highest BCUT2D eigenvalue weighted by molar-refractivity contribution is 7.91. The van der Waals surface area contributed by atoms with Crippen LogP contribution in [0.1, 0.15) is 0 Å². The molecule has 128 valence electrons. The number of carbonyl (C=O) groups excluding carboxylic acids is 1. The van der Waals surface area contributed by atoms with E-state index in [4.69, 9.17) is 0 Å². The molecule has 0 fully saturated rings. The van der Waals surface area contributed by atoms with Crippen LogP contribution < -0.4 is 0 Å². The molecule has 0 aliphatic heterocycles. The molecule has 0 bridgehead atoms. The first-order valence-electron chi connectivity index (χ1n) is 6.81. The molecular weight excluding hydrogens is 352 g/mol. The summed E-state index contributed by atoms with van der Waals surface area (Å²) in [5, 5.41) is 0. The topological polar surface area (TPSA) is 91.8 Å². The van der Waals surface area contributed by atoms with Crippen LogP contribution in [0.5, 0.6) is 0 Å². The van der Waals surface area contributed by atoms with E-state index in [1.54, 1.807) is 12.1 Å². The summed E-state index contributed by atoms with van der Waals surface area (Å²) >= 11 is 0. The molecule has 9 heteroatoms. The Hall–Kier alpha value is -2.39. The molecule has 2 aromatic carbocycles. The zero-order valence-corrected chi connectivity index (χ0v) is 14.7. The average molecular weight is 368 g/mol.